The van der Waals surface area contributed by atoms with Crippen LogP contribution in [0.4, 0.5) is 5.69 Å². The van der Waals surface area contributed by atoms with Gasteiger partial charge in [0.05, 0.1) is 0 Å². The van der Waals surface area contributed by atoms with Gasteiger partial charge in [0.2, 0.25) is 5.91 Å². The minimum absolute atomic E-state index is 0.0375. The van der Waals surface area contributed by atoms with Crippen LogP contribution in [0.5, 0.6) is 0 Å². The first-order valence-corrected chi connectivity index (χ1v) is 7.27. The summed E-state index contributed by atoms with van der Waals surface area (Å²) >= 11 is 1.83. The second kappa shape index (κ2) is 7.00. The van der Waals surface area contributed by atoms with Gasteiger partial charge in [-0.3, -0.25) is 4.79 Å². The van der Waals surface area contributed by atoms with E-state index < -0.39 is 0 Å². The Hall–Kier alpha value is -1.74. The van der Waals surface area contributed by atoms with E-state index in [1.807, 2.05) is 42.1 Å². The van der Waals surface area contributed by atoms with Crippen molar-refractivity contribution in [3.05, 3.63) is 60.2 Å². The first kappa shape index (κ1) is 13.7. The van der Waals surface area contributed by atoms with E-state index in [1.165, 1.54) is 17.4 Å². The van der Waals surface area contributed by atoms with Gasteiger partial charge in [-0.1, -0.05) is 30.3 Å². The quantitative estimate of drug-likeness (QED) is 0.833. The fraction of sp³-hybridized carbons (Fsp3) is 0.188. The van der Waals surface area contributed by atoms with Crippen LogP contribution in [0.2, 0.25) is 0 Å². The second-order valence-electron chi connectivity index (χ2n) is 4.29. The fourth-order valence-electron chi connectivity index (χ4n) is 1.77. The molecule has 19 heavy (non-hydrogen) atoms. The van der Waals surface area contributed by atoms with Crippen molar-refractivity contribution in [1.82, 2.24) is 0 Å². The van der Waals surface area contributed by atoms with Gasteiger partial charge in [0.15, 0.2) is 0 Å². The van der Waals surface area contributed by atoms with E-state index >= 15 is 0 Å². The van der Waals surface area contributed by atoms with E-state index in [1.54, 1.807) is 0 Å². The number of rotatable bonds is 5. The summed E-state index contributed by atoms with van der Waals surface area (Å²) in [5, 5.41) is 2.77. The number of hydrogen-bond acceptors (Lipinski definition) is 2. The van der Waals surface area contributed by atoms with Crippen molar-refractivity contribution in [3.63, 3.8) is 0 Å². The molecule has 2 aromatic carbocycles. The van der Waals surface area contributed by atoms with E-state index in [0.29, 0.717) is 0 Å². The lowest BCUT2D eigenvalue weighted by Crippen LogP contribution is -2.05. The van der Waals surface area contributed by atoms with Gasteiger partial charge in [-0.2, -0.15) is 0 Å². The number of anilines is 1. The molecular formula is C16H17NOS. The van der Waals surface area contributed by atoms with Crippen LogP contribution in [0.25, 0.3) is 0 Å². The number of carbonyl (C=O) groups excluding carboxylic acids is 1. The van der Waals surface area contributed by atoms with Crippen molar-refractivity contribution in [1.29, 1.82) is 0 Å². The largest absolute Gasteiger partial charge is 0.326 e. The van der Waals surface area contributed by atoms with Crippen LogP contribution in [-0.2, 0) is 11.2 Å². The van der Waals surface area contributed by atoms with E-state index in [4.69, 9.17) is 0 Å². The molecule has 0 saturated carbocycles. The van der Waals surface area contributed by atoms with E-state index in [2.05, 4.69) is 29.6 Å². The van der Waals surface area contributed by atoms with Gasteiger partial charge in [-0.25, -0.2) is 0 Å². The van der Waals surface area contributed by atoms with E-state index in [9.17, 15) is 4.79 Å². The van der Waals surface area contributed by atoms with Gasteiger partial charge in [-0.05, 0) is 36.2 Å². The highest BCUT2D eigenvalue weighted by atomic mass is 32.2. The third-order valence-corrected chi connectivity index (χ3v) is 3.69. The molecule has 0 bridgehead atoms. The van der Waals surface area contributed by atoms with Crippen LogP contribution >= 0.6 is 11.8 Å². The third kappa shape index (κ3) is 4.79. The Kier molecular flexibility index (Phi) is 5.04. The van der Waals surface area contributed by atoms with Gasteiger partial charge in [0, 0.05) is 23.3 Å². The molecule has 2 aromatic rings. The second-order valence-corrected chi connectivity index (χ2v) is 5.46. The summed E-state index contributed by atoms with van der Waals surface area (Å²) in [5.41, 5.74) is 2.21. The zero-order valence-electron chi connectivity index (χ0n) is 10.9. The molecule has 0 aliphatic heterocycles. The smallest absolute Gasteiger partial charge is 0.221 e. The normalized spacial score (nSPS) is 10.2. The first-order valence-electron chi connectivity index (χ1n) is 6.28. The van der Waals surface area contributed by atoms with Gasteiger partial charge >= 0.3 is 0 Å². The van der Waals surface area contributed by atoms with Crippen LogP contribution < -0.4 is 5.32 Å². The molecule has 2 nitrogen and oxygen atoms in total. The summed E-state index contributed by atoms with van der Waals surface area (Å²) in [6.45, 7) is 1.52. The molecule has 0 aliphatic carbocycles. The zero-order valence-corrected chi connectivity index (χ0v) is 11.7. The van der Waals surface area contributed by atoms with Crippen LogP contribution in [0.15, 0.2) is 59.5 Å². The predicted octanol–water partition coefficient (Wildman–Crippen LogP) is 3.98. The summed E-state index contributed by atoms with van der Waals surface area (Å²) in [7, 11) is 0. The molecule has 0 fully saturated rings. The average Bonchev–Trinajstić information content (AvgIpc) is 2.41. The average molecular weight is 271 g/mol. The predicted molar refractivity (Wildman–Crippen MR) is 81.6 cm³/mol. The molecule has 1 amide bonds. The number of aryl methyl sites for hydroxylation is 1. The molecular weight excluding hydrogens is 254 g/mol. The molecule has 1 N–H and O–H groups in total. The SMILES string of the molecule is CC(=O)Nc1ccc(SCCc2ccccc2)cc1. The van der Waals surface area contributed by atoms with E-state index in [-0.39, 0.29) is 5.91 Å². The molecule has 0 spiro atoms. The molecule has 0 heterocycles. The van der Waals surface area contributed by atoms with Crippen LogP contribution in [0, 0.1) is 0 Å². The molecule has 98 valence electrons. The number of amides is 1. The van der Waals surface area contributed by atoms with Crippen LogP contribution in [0.3, 0.4) is 0 Å². The van der Waals surface area contributed by atoms with Crippen LogP contribution in [-0.4, -0.2) is 11.7 Å². The van der Waals surface area contributed by atoms with Crippen molar-refractivity contribution in [3.8, 4) is 0 Å². The maximum Gasteiger partial charge on any atom is 0.221 e. The number of nitrogens with one attached hydrogen (secondary N) is 1. The van der Waals surface area contributed by atoms with Crippen molar-refractivity contribution >= 4 is 23.4 Å². The van der Waals surface area contributed by atoms with E-state index in [0.717, 1.165) is 17.9 Å². The highest BCUT2D eigenvalue weighted by molar-refractivity contribution is 7.99. The van der Waals surface area contributed by atoms with Crippen molar-refractivity contribution in [2.24, 2.45) is 0 Å². The highest BCUT2D eigenvalue weighted by Crippen LogP contribution is 2.21. The molecule has 0 saturated heterocycles. The molecule has 3 heteroatoms. The number of benzene rings is 2. The standard InChI is InChI=1S/C16H17NOS/c1-13(18)17-15-7-9-16(10-8-15)19-12-11-14-5-3-2-4-6-14/h2-10H,11-12H2,1H3,(H,17,18). The first-order chi connectivity index (χ1) is 9.24. The summed E-state index contributed by atoms with van der Waals surface area (Å²) in [6, 6.07) is 18.4. The maximum atomic E-state index is 10.9. The van der Waals surface area contributed by atoms with Gasteiger partial charge in [-0.15, -0.1) is 11.8 Å². The van der Waals surface area contributed by atoms with Gasteiger partial charge in [0.1, 0.15) is 0 Å². The Morgan fingerprint density at radius 3 is 2.37 bits per heavy atom. The lowest BCUT2D eigenvalue weighted by Gasteiger charge is -2.05. The number of hydrogen-bond donors (Lipinski definition) is 1. The zero-order chi connectivity index (χ0) is 13.5. The minimum atomic E-state index is -0.0375. The Balaban J connectivity index is 1.81. The molecule has 0 radical (unpaired) electrons. The van der Waals surface area contributed by atoms with Crippen molar-refractivity contribution < 1.29 is 4.79 Å². The summed E-state index contributed by atoms with van der Waals surface area (Å²) in [4.78, 5) is 12.1. The minimum Gasteiger partial charge on any atom is -0.326 e. The van der Waals surface area contributed by atoms with Gasteiger partial charge in [0.25, 0.3) is 0 Å². The number of thioether (sulfide) groups is 1. The van der Waals surface area contributed by atoms with Crippen molar-refractivity contribution in [2.75, 3.05) is 11.1 Å². The highest BCUT2D eigenvalue weighted by Gasteiger charge is 1.98. The summed E-state index contributed by atoms with van der Waals surface area (Å²) in [6.07, 6.45) is 1.07. The number of carbonyl (C=O) groups is 1. The lowest BCUT2D eigenvalue weighted by molar-refractivity contribution is -0.114. The molecule has 0 aromatic heterocycles. The summed E-state index contributed by atoms with van der Waals surface area (Å²) < 4.78 is 0. The Morgan fingerprint density at radius 2 is 1.74 bits per heavy atom. The fourth-order valence-corrected chi connectivity index (χ4v) is 2.67. The Labute approximate surface area is 118 Å². The van der Waals surface area contributed by atoms with Gasteiger partial charge < -0.3 is 5.32 Å². The third-order valence-electron chi connectivity index (χ3n) is 2.68. The summed E-state index contributed by atoms with van der Waals surface area (Å²) in [5.74, 6) is 1.02. The monoisotopic (exact) mass is 271 g/mol. The molecule has 0 unspecified atom stereocenters. The molecule has 2 rings (SSSR count). The topological polar surface area (TPSA) is 29.1 Å². The maximum absolute atomic E-state index is 10.9. The Morgan fingerprint density at radius 1 is 1.05 bits per heavy atom. The lowest BCUT2D eigenvalue weighted by atomic mass is 10.2. The van der Waals surface area contributed by atoms with Crippen LogP contribution in [0.1, 0.15) is 12.5 Å². The Bertz CT molecular complexity index is 522. The van der Waals surface area contributed by atoms with Crippen molar-refractivity contribution in [2.45, 2.75) is 18.2 Å². The molecule has 0 atom stereocenters. The molecule has 0 aliphatic rings.